The molecule has 0 unspecified atom stereocenters. The number of aromatic nitrogens is 2. The van der Waals surface area contributed by atoms with Crippen molar-refractivity contribution in [3.63, 3.8) is 0 Å². The summed E-state index contributed by atoms with van der Waals surface area (Å²) in [6, 6.07) is 7.58. The lowest BCUT2D eigenvalue weighted by atomic mass is 10.3. The molecule has 0 spiro atoms. The molecular weight excluding hydrogens is 253 g/mol. The molecular formula is C11H12FN5S. The van der Waals surface area contributed by atoms with E-state index in [1.165, 1.54) is 0 Å². The number of nitrogens with zero attached hydrogens (tertiary/aromatic N) is 2. The largest absolute Gasteiger partial charge is 0.338 e. The van der Waals surface area contributed by atoms with Crippen LogP contribution in [0.2, 0.25) is 0 Å². The molecule has 1 aromatic carbocycles. The van der Waals surface area contributed by atoms with E-state index >= 15 is 0 Å². The molecule has 1 aromatic heterocycles. The van der Waals surface area contributed by atoms with E-state index < -0.39 is 5.82 Å². The Morgan fingerprint density at radius 1 is 1.28 bits per heavy atom. The number of thioether (sulfide) groups is 1. The molecule has 94 valence electrons. The van der Waals surface area contributed by atoms with E-state index in [1.54, 1.807) is 11.8 Å². The van der Waals surface area contributed by atoms with Crippen molar-refractivity contribution >= 4 is 29.2 Å². The van der Waals surface area contributed by atoms with Crippen LogP contribution in [-0.4, -0.2) is 16.2 Å². The fraction of sp³-hybridized carbons (Fsp3) is 0.0909. The molecule has 0 atom stereocenters. The second-order valence-corrected chi connectivity index (χ2v) is 4.27. The Hall–Kier alpha value is -1.86. The number of nitrogens with one attached hydrogen (secondary N) is 2. The highest BCUT2D eigenvalue weighted by atomic mass is 32.2. The third-order valence-electron chi connectivity index (χ3n) is 2.23. The zero-order valence-corrected chi connectivity index (χ0v) is 10.5. The van der Waals surface area contributed by atoms with E-state index in [2.05, 4.69) is 20.7 Å². The van der Waals surface area contributed by atoms with Crippen LogP contribution in [0.25, 0.3) is 0 Å². The van der Waals surface area contributed by atoms with Crippen molar-refractivity contribution in [2.75, 3.05) is 17.0 Å². The SMILES string of the molecule is CSc1ccc(Nc2nc(NN)ncc2F)cc1. The number of anilines is 3. The Morgan fingerprint density at radius 3 is 2.61 bits per heavy atom. The van der Waals surface area contributed by atoms with Gasteiger partial charge in [0.1, 0.15) is 0 Å². The number of halogens is 1. The van der Waals surface area contributed by atoms with Crippen LogP contribution in [0.1, 0.15) is 0 Å². The van der Waals surface area contributed by atoms with Crippen LogP contribution in [0.3, 0.4) is 0 Å². The zero-order chi connectivity index (χ0) is 13.0. The molecule has 18 heavy (non-hydrogen) atoms. The lowest BCUT2D eigenvalue weighted by molar-refractivity contribution is 0.619. The molecule has 0 saturated heterocycles. The molecule has 0 aliphatic carbocycles. The second kappa shape index (κ2) is 5.65. The molecule has 5 nitrogen and oxygen atoms in total. The van der Waals surface area contributed by atoms with Gasteiger partial charge in [0.25, 0.3) is 0 Å². The van der Waals surface area contributed by atoms with Crippen molar-refractivity contribution in [2.45, 2.75) is 4.90 Å². The van der Waals surface area contributed by atoms with Crippen LogP contribution in [0, 0.1) is 5.82 Å². The number of hydrogen-bond acceptors (Lipinski definition) is 6. The topological polar surface area (TPSA) is 75.9 Å². The van der Waals surface area contributed by atoms with Gasteiger partial charge in [-0.25, -0.2) is 15.2 Å². The Morgan fingerprint density at radius 2 is 2.00 bits per heavy atom. The molecule has 0 aliphatic heterocycles. The van der Waals surface area contributed by atoms with E-state index in [-0.39, 0.29) is 11.8 Å². The van der Waals surface area contributed by atoms with Gasteiger partial charge in [0.2, 0.25) is 5.95 Å². The third-order valence-corrected chi connectivity index (χ3v) is 2.97. The molecule has 2 rings (SSSR count). The molecule has 7 heteroatoms. The number of nitrogen functional groups attached to an aromatic ring is 1. The van der Waals surface area contributed by atoms with Crippen molar-refractivity contribution < 1.29 is 4.39 Å². The van der Waals surface area contributed by atoms with Gasteiger partial charge in [-0.05, 0) is 30.5 Å². The molecule has 4 N–H and O–H groups in total. The van der Waals surface area contributed by atoms with E-state index in [1.807, 2.05) is 30.5 Å². The number of hydrogen-bond donors (Lipinski definition) is 3. The molecule has 0 saturated carbocycles. The molecule has 0 fully saturated rings. The predicted molar refractivity (Wildman–Crippen MR) is 71.3 cm³/mol. The first-order valence-corrected chi connectivity index (χ1v) is 6.35. The maximum absolute atomic E-state index is 13.5. The van der Waals surface area contributed by atoms with Gasteiger partial charge < -0.3 is 5.32 Å². The average Bonchev–Trinajstić information content (AvgIpc) is 2.42. The van der Waals surface area contributed by atoms with E-state index in [4.69, 9.17) is 5.84 Å². The van der Waals surface area contributed by atoms with Gasteiger partial charge in [-0.1, -0.05) is 0 Å². The summed E-state index contributed by atoms with van der Waals surface area (Å²) >= 11 is 1.64. The van der Waals surface area contributed by atoms with Gasteiger partial charge in [-0.15, -0.1) is 11.8 Å². The summed E-state index contributed by atoms with van der Waals surface area (Å²) in [6.45, 7) is 0. The van der Waals surface area contributed by atoms with Crippen molar-refractivity contribution in [3.05, 3.63) is 36.3 Å². The van der Waals surface area contributed by atoms with Gasteiger partial charge >= 0.3 is 0 Å². The van der Waals surface area contributed by atoms with E-state index in [0.717, 1.165) is 16.8 Å². The number of nitrogens with two attached hydrogens (primary N) is 1. The minimum atomic E-state index is -0.539. The van der Waals surface area contributed by atoms with Crippen LogP contribution in [0.5, 0.6) is 0 Å². The van der Waals surface area contributed by atoms with Crippen molar-refractivity contribution in [2.24, 2.45) is 5.84 Å². The highest BCUT2D eigenvalue weighted by Gasteiger charge is 2.06. The average molecular weight is 265 g/mol. The first-order chi connectivity index (χ1) is 8.72. The van der Waals surface area contributed by atoms with Crippen molar-refractivity contribution in [1.29, 1.82) is 0 Å². The maximum atomic E-state index is 13.5. The summed E-state index contributed by atoms with van der Waals surface area (Å²) < 4.78 is 13.5. The fourth-order valence-corrected chi connectivity index (χ4v) is 1.74. The van der Waals surface area contributed by atoms with Gasteiger partial charge in [0.15, 0.2) is 11.6 Å². The minimum absolute atomic E-state index is 0.0786. The molecule has 0 aliphatic rings. The number of benzene rings is 1. The van der Waals surface area contributed by atoms with Crippen LogP contribution in [0.4, 0.5) is 21.8 Å². The normalized spacial score (nSPS) is 10.2. The summed E-state index contributed by atoms with van der Waals surface area (Å²) in [5, 5.41) is 2.87. The smallest absolute Gasteiger partial charge is 0.239 e. The van der Waals surface area contributed by atoms with Crippen molar-refractivity contribution in [1.82, 2.24) is 9.97 Å². The lowest BCUT2D eigenvalue weighted by Crippen LogP contribution is -2.11. The molecule has 1 heterocycles. The Kier molecular flexibility index (Phi) is 3.96. The third kappa shape index (κ3) is 2.88. The predicted octanol–water partition coefficient (Wildman–Crippen LogP) is 2.37. The highest BCUT2D eigenvalue weighted by Crippen LogP contribution is 2.21. The fourth-order valence-electron chi connectivity index (χ4n) is 1.34. The summed E-state index contributed by atoms with van der Waals surface area (Å²) in [6.07, 6.45) is 3.05. The Bertz CT molecular complexity index is 531. The summed E-state index contributed by atoms with van der Waals surface area (Å²) in [5.74, 6) is 4.86. The highest BCUT2D eigenvalue weighted by molar-refractivity contribution is 7.98. The first kappa shape index (κ1) is 12.6. The van der Waals surface area contributed by atoms with Crippen molar-refractivity contribution in [3.8, 4) is 0 Å². The Balaban J connectivity index is 2.21. The molecule has 2 aromatic rings. The van der Waals surface area contributed by atoms with Gasteiger partial charge in [0, 0.05) is 10.6 Å². The summed E-state index contributed by atoms with van der Waals surface area (Å²) in [7, 11) is 0. The van der Waals surface area contributed by atoms with E-state index in [0.29, 0.717) is 0 Å². The summed E-state index contributed by atoms with van der Waals surface area (Å²) in [5.41, 5.74) is 3.01. The monoisotopic (exact) mass is 265 g/mol. The van der Waals surface area contributed by atoms with Gasteiger partial charge in [-0.2, -0.15) is 4.98 Å². The molecule has 0 amide bonds. The van der Waals surface area contributed by atoms with Crippen LogP contribution in [-0.2, 0) is 0 Å². The molecule has 0 bridgehead atoms. The minimum Gasteiger partial charge on any atom is -0.338 e. The Labute approximate surface area is 108 Å². The van der Waals surface area contributed by atoms with Crippen LogP contribution < -0.4 is 16.6 Å². The van der Waals surface area contributed by atoms with Gasteiger partial charge in [-0.3, -0.25) is 5.43 Å². The summed E-state index contributed by atoms with van der Waals surface area (Å²) in [4.78, 5) is 8.68. The standard InChI is InChI=1S/C11H12FN5S/c1-18-8-4-2-7(3-5-8)15-10-9(12)6-14-11(16-10)17-13/h2-6H,13H2,1H3,(H2,14,15,16,17). The van der Waals surface area contributed by atoms with Crippen LogP contribution in [0.15, 0.2) is 35.4 Å². The maximum Gasteiger partial charge on any atom is 0.239 e. The van der Waals surface area contributed by atoms with Gasteiger partial charge in [0.05, 0.1) is 6.20 Å². The quantitative estimate of drug-likeness (QED) is 0.447. The molecule has 0 radical (unpaired) electrons. The zero-order valence-electron chi connectivity index (χ0n) is 9.64. The number of hydrazine groups is 1. The first-order valence-electron chi connectivity index (χ1n) is 5.13. The van der Waals surface area contributed by atoms with E-state index in [9.17, 15) is 4.39 Å². The lowest BCUT2D eigenvalue weighted by Gasteiger charge is -2.08. The number of rotatable bonds is 4. The van der Waals surface area contributed by atoms with Crippen LogP contribution >= 0.6 is 11.8 Å². The second-order valence-electron chi connectivity index (χ2n) is 3.39.